The molecule has 0 radical (unpaired) electrons. The van der Waals surface area contributed by atoms with Crippen LogP contribution in [0.3, 0.4) is 0 Å². The lowest BCUT2D eigenvalue weighted by Gasteiger charge is -2.31. The van der Waals surface area contributed by atoms with Crippen molar-refractivity contribution in [2.24, 2.45) is 0 Å². The molecular weight excluding hydrogens is 865 g/mol. The molecule has 4 aliphatic rings. The molecule has 10 rings (SSSR count). The first kappa shape index (κ1) is 40.6. The van der Waals surface area contributed by atoms with Crippen molar-refractivity contribution in [3.63, 3.8) is 0 Å². The lowest BCUT2D eigenvalue weighted by Crippen LogP contribution is -2.43. The minimum absolute atomic E-state index is 0.0213. The summed E-state index contributed by atoms with van der Waals surface area (Å²) in [6.45, 7) is 3.14. The molecule has 0 unspecified atom stereocenters. The number of nitro groups is 2. The smallest absolute Gasteiger partial charge is 0.341 e. The van der Waals surface area contributed by atoms with E-state index >= 15 is 0 Å². The zero-order chi connectivity index (χ0) is 44.9. The van der Waals surface area contributed by atoms with Gasteiger partial charge in [-0.15, -0.1) is 22.7 Å². The van der Waals surface area contributed by atoms with Crippen LogP contribution in [0.15, 0.2) is 60.7 Å². The maximum atomic E-state index is 14.8. The van der Waals surface area contributed by atoms with Gasteiger partial charge in [-0.2, -0.15) is 0 Å². The monoisotopic (exact) mass is 896 g/mol. The van der Waals surface area contributed by atoms with Crippen molar-refractivity contribution in [1.82, 2.24) is 0 Å². The predicted molar refractivity (Wildman–Crippen MR) is 235 cm³/mol. The van der Waals surface area contributed by atoms with Crippen LogP contribution in [0.5, 0.6) is 0 Å². The van der Waals surface area contributed by atoms with Gasteiger partial charge < -0.3 is 9.47 Å². The molecule has 2 aliphatic carbocycles. The third-order valence-electron chi connectivity index (χ3n) is 12.0. The first-order chi connectivity index (χ1) is 30.8. The molecule has 0 saturated heterocycles. The van der Waals surface area contributed by atoms with Gasteiger partial charge in [0.1, 0.15) is 21.1 Å². The first-order valence-corrected chi connectivity index (χ1v) is 22.1. The summed E-state index contributed by atoms with van der Waals surface area (Å²) in [5, 5.41) is 23.8. The zero-order valence-electron chi connectivity index (χ0n) is 33.9. The first-order valence-electron chi connectivity index (χ1n) is 20.4. The van der Waals surface area contributed by atoms with Crippen LogP contribution in [0, 0.1) is 20.2 Å². The van der Waals surface area contributed by atoms with Gasteiger partial charge in [0.15, 0.2) is 0 Å². The number of ether oxygens (including phenoxy) is 2. The SMILES string of the molecule is CCOC(=O)c1c(N2C(=O)c3ccc4c5c(ccc(c35)C2=O)C(=O)N(c2sc3c(c2C(=O)OCC)-c2cc([N+](=O)[O-])ccc2CCC3)C4=O)sc2c1-c1cc([N+](=O)[O-])ccc1CCC2. The third-order valence-corrected chi connectivity index (χ3v) is 14.5. The second kappa shape index (κ2) is 15.1. The predicted octanol–water partition coefficient (Wildman–Crippen LogP) is 9.05. The van der Waals surface area contributed by atoms with E-state index in [2.05, 4.69) is 0 Å². The van der Waals surface area contributed by atoms with E-state index in [4.69, 9.17) is 9.47 Å². The van der Waals surface area contributed by atoms with Crippen LogP contribution in [0.1, 0.15) is 110 Å². The fourth-order valence-electron chi connectivity index (χ4n) is 9.33. The second-order valence-corrected chi connectivity index (χ2v) is 17.6. The summed E-state index contributed by atoms with van der Waals surface area (Å²) < 4.78 is 11.0. The van der Waals surface area contributed by atoms with Gasteiger partial charge in [0.25, 0.3) is 35.0 Å². The average Bonchev–Trinajstić information content (AvgIpc) is 3.71. The number of hydrogen-bond acceptors (Lipinski definition) is 14. The Labute approximate surface area is 369 Å². The fourth-order valence-corrected chi connectivity index (χ4v) is 12.0. The van der Waals surface area contributed by atoms with E-state index in [1.54, 1.807) is 26.0 Å². The number of fused-ring (bicyclic) bond motifs is 6. The lowest BCUT2D eigenvalue weighted by molar-refractivity contribution is -0.385. The van der Waals surface area contributed by atoms with Crippen LogP contribution in [0.2, 0.25) is 0 Å². The number of carbonyl (C=O) groups excluding carboxylic acids is 6. The van der Waals surface area contributed by atoms with Crippen LogP contribution in [-0.4, -0.2) is 58.6 Å². The molecule has 0 saturated carbocycles. The number of carbonyl (C=O) groups is 6. The molecule has 2 aliphatic heterocycles. The maximum Gasteiger partial charge on any atom is 0.341 e. The Morgan fingerprint density at radius 1 is 0.562 bits per heavy atom. The number of rotatable bonds is 8. The highest BCUT2D eigenvalue weighted by molar-refractivity contribution is 7.18. The highest BCUT2D eigenvalue weighted by Gasteiger charge is 2.45. The standard InChI is InChI=1S/C46H32N4O12S2/c1-3-61-45(55)37-35-29-19-23(49(57)58)13-11-21(29)7-5-9-31(35)63-43(37)47-39(51)25-15-17-27-34-28(18-16-26(33(25)34)40(47)52)42(54)48(41(27)53)44-38(46(56)62-4-2)36-30-20-24(50(59)60)14-12-22(30)8-6-10-32(36)64-44/h11-20H,3-10H2,1-2H3. The molecule has 4 amide bonds. The fraction of sp³-hybridized carbons (Fsp3) is 0.217. The number of anilines is 2. The topological polar surface area (TPSA) is 214 Å². The number of thiophene rings is 2. The Morgan fingerprint density at radius 2 is 0.922 bits per heavy atom. The normalized spacial score (nSPS) is 14.9. The minimum Gasteiger partial charge on any atom is -0.462 e. The molecule has 2 aromatic heterocycles. The summed E-state index contributed by atoms with van der Waals surface area (Å²) in [4.78, 5) is 113. The minimum atomic E-state index is -0.830. The Morgan fingerprint density at radius 3 is 1.25 bits per heavy atom. The Bertz CT molecular complexity index is 2920. The largest absolute Gasteiger partial charge is 0.462 e. The van der Waals surface area contributed by atoms with Crippen molar-refractivity contribution >= 4 is 90.4 Å². The van der Waals surface area contributed by atoms with Crippen LogP contribution in [0.4, 0.5) is 21.4 Å². The molecule has 0 spiro atoms. The van der Waals surface area contributed by atoms with Gasteiger partial charge in [0.05, 0.1) is 23.1 Å². The van der Waals surface area contributed by atoms with E-state index in [0.717, 1.165) is 43.6 Å². The van der Waals surface area contributed by atoms with Crippen molar-refractivity contribution in [1.29, 1.82) is 0 Å². The zero-order valence-corrected chi connectivity index (χ0v) is 35.6. The molecule has 320 valence electrons. The highest BCUT2D eigenvalue weighted by atomic mass is 32.1. The third kappa shape index (κ3) is 5.92. The summed E-state index contributed by atoms with van der Waals surface area (Å²) in [7, 11) is 0. The van der Waals surface area contributed by atoms with E-state index in [-0.39, 0.29) is 78.7 Å². The van der Waals surface area contributed by atoms with E-state index in [0.29, 0.717) is 70.5 Å². The van der Waals surface area contributed by atoms with E-state index in [1.165, 1.54) is 48.5 Å². The summed E-state index contributed by atoms with van der Waals surface area (Å²) >= 11 is 2.10. The Kier molecular flexibility index (Phi) is 9.60. The lowest BCUT2D eigenvalue weighted by atomic mass is 9.85. The number of nitro benzene ring substituents is 2. The summed E-state index contributed by atoms with van der Waals surface area (Å²) in [6, 6.07) is 14.4. The summed E-state index contributed by atoms with van der Waals surface area (Å²) in [5.41, 5.74) is 2.46. The van der Waals surface area contributed by atoms with E-state index in [1.807, 2.05) is 0 Å². The van der Waals surface area contributed by atoms with Gasteiger partial charge >= 0.3 is 11.9 Å². The second-order valence-electron chi connectivity index (χ2n) is 15.5. The number of imide groups is 2. The Hall–Kier alpha value is -7.44. The quantitative estimate of drug-likeness (QED) is 0.0606. The van der Waals surface area contributed by atoms with Gasteiger partial charge in [-0.3, -0.25) is 39.4 Å². The molecule has 0 fully saturated rings. The van der Waals surface area contributed by atoms with E-state index in [9.17, 15) is 49.0 Å². The number of esters is 2. The van der Waals surface area contributed by atoms with Gasteiger partial charge in [0.2, 0.25) is 0 Å². The molecule has 18 heteroatoms. The molecule has 0 N–H and O–H groups in total. The number of aryl methyl sites for hydroxylation is 4. The molecular formula is C46H32N4O12S2. The number of amides is 4. The van der Waals surface area contributed by atoms with Crippen LogP contribution in [0.25, 0.3) is 33.0 Å². The number of nitrogens with zero attached hydrogens (tertiary/aromatic N) is 4. The van der Waals surface area contributed by atoms with Crippen molar-refractivity contribution in [3.05, 3.63) is 135 Å². The Balaban J connectivity index is 1.11. The molecule has 4 aromatic carbocycles. The highest BCUT2D eigenvalue weighted by Crippen LogP contribution is 2.51. The van der Waals surface area contributed by atoms with Gasteiger partial charge in [0, 0.05) is 78.2 Å². The molecule has 16 nitrogen and oxygen atoms in total. The van der Waals surface area contributed by atoms with Crippen molar-refractivity contribution in [2.75, 3.05) is 23.0 Å². The average molecular weight is 897 g/mol. The maximum absolute atomic E-state index is 14.8. The van der Waals surface area contributed by atoms with Crippen LogP contribution >= 0.6 is 22.7 Å². The molecule has 0 bridgehead atoms. The van der Waals surface area contributed by atoms with Crippen molar-refractivity contribution in [3.8, 4) is 22.3 Å². The molecule has 4 heterocycles. The number of hydrogen-bond donors (Lipinski definition) is 0. The molecule has 64 heavy (non-hydrogen) atoms. The number of non-ortho nitro benzene ring substituents is 2. The summed E-state index contributed by atoms with van der Waals surface area (Å²) in [5.74, 6) is -4.96. The summed E-state index contributed by atoms with van der Waals surface area (Å²) in [6.07, 6.45) is 3.28. The van der Waals surface area contributed by atoms with Gasteiger partial charge in [-0.25, -0.2) is 19.4 Å². The van der Waals surface area contributed by atoms with Crippen LogP contribution < -0.4 is 9.80 Å². The molecule has 6 aromatic rings. The van der Waals surface area contributed by atoms with Crippen molar-refractivity contribution in [2.45, 2.75) is 52.4 Å². The van der Waals surface area contributed by atoms with Crippen molar-refractivity contribution < 1.29 is 48.1 Å². The van der Waals surface area contributed by atoms with Gasteiger partial charge in [-0.05, 0) is 98.9 Å². The number of benzene rings is 4. The van der Waals surface area contributed by atoms with Crippen LogP contribution in [-0.2, 0) is 35.2 Å². The van der Waals surface area contributed by atoms with Gasteiger partial charge in [-0.1, -0.05) is 12.1 Å². The van der Waals surface area contributed by atoms with E-state index < -0.39 is 45.4 Å². The molecule has 0 atom stereocenters.